The fraction of sp³-hybridized carbons (Fsp3) is 0.833. The SMILES string of the molecule is COC(=O)C1CCCCN1C(=O)C1CCCO1. The Morgan fingerprint density at radius 2 is 2.06 bits per heavy atom. The van der Waals surface area contributed by atoms with Crippen molar-refractivity contribution in [2.45, 2.75) is 44.2 Å². The molecule has 2 atom stereocenters. The highest BCUT2D eigenvalue weighted by Crippen LogP contribution is 2.22. The van der Waals surface area contributed by atoms with Crippen LogP contribution in [0.4, 0.5) is 0 Å². The maximum Gasteiger partial charge on any atom is 0.328 e. The van der Waals surface area contributed by atoms with Crippen molar-refractivity contribution in [3.8, 4) is 0 Å². The van der Waals surface area contributed by atoms with Crippen molar-refractivity contribution in [3.63, 3.8) is 0 Å². The van der Waals surface area contributed by atoms with Gasteiger partial charge < -0.3 is 14.4 Å². The second-order valence-electron chi connectivity index (χ2n) is 4.57. The fourth-order valence-corrected chi connectivity index (χ4v) is 2.53. The number of hydrogen-bond acceptors (Lipinski definition) is 4. The Labute approximate surface area is 101 Å². The lowest BCUT2D eigenvalue weighted by molar-refractivity contribution is -0.158. The van der Waals surface area contributed by atoms with Crippen LogP contribution < -0.4 is 0 Å². The van der Waals surface area contributed by atoms with E-state index in [1.54, 1.807) is 4.90 Å². The molecule has 0 saturated carbocycles. The summed E-state index contributed by atoms with van der Waals surface area (Å²) in [5, 5.41) is 0. The predicted octanol–water partition coefficient (Wildman–Crippen LogP) is 0.719. The van der Waals surface area contributed by atoms with E-state index in [9.17, 15) is 9.59 Å². The van der Waals surface area contributed by atoms with Gasteiger partial charge in [-0.05, 0) is 32.1 Å². The molecule has 0 bridgehead atoms. The van der Waals surface area contributed by atoms with Gasteiger partial charge in [0, 0.05) is 13.2 Å². The van der Waals surface area contributed by atoms with Crippen molar-refractivity contribution in [2.24, 2.45) is 0 Å². The Hall–Kier alpha value is -1.10. The topological polar surface area (TPSA) is 55.8 Å². The van der Waals surface area contributed by atoms with E-state index in [1.807, 2.05) is 0 Å². The Balaban J connectivity index is 2.04. The monoisotopic (exact) mass is 241 g/mol. The number of rotatable bonds is 2. The predicted molar refractivity (Wildman–Crippen MR) is 60.3 cm³/mol. The Morgan fingerprint density at radius 3 is 2.71 bits per heavy atom. The Morgan fingerprint density at radius 1 is 1.24 bits per heavy atom. The molecule has 17 heavy (non-hydrogen) atoms. The number of likely N-dealkylation sites (tertiary alicyclic amines) is 1. The van der Waals surface area contributed by atoms with Crippen LogP contribution in [0.1, 0.15) is 32.1 Å². The van der Waals surface area contributed by atoms with E-state index in [2.05, 4.69) is 0 Å². The van der Waals surface area contributed by atoms with Crippen molar-refractivity contribution in [3.05, 3.63) is 0 Å². The largest absolute Gasteiger partial charge is 0.467 e. The van der Waals surface area contributed by atoms with Gasteiger partial charge in [0.2, 0.25) is 0 Å². The second kappa shape index (κ2) is 5.49. The molecule has 2 unspecified atom stereocenters. The van der Waals surface area contributed by atoms with Gasteiger partial charge in [0.1, 0.15) is 12.1 Å². The fourth-order valence-electron chi connectivity index (χ4n) is 2.53. The smallest absolute Gasteiger partial charge is 0.328 e. The zero-order chi connectivity index (χ0) is 12.3. The highest BCUT2D eigenvalue weighted by Gasteiger charge is 2.37. The zero-order valence-corrected chi connectivity index (χ0v) is 10.2. The summed E-state index contributed by atoms with van der Waals surface area (Å²) in [6, 6.07) is -0.412. The zero-order valence-electron chi connectivity index (χ0n) is 10.2. The van der Waals surface area contributed by atoms with Gasteiger partial charge >= 0.3 is 5.97 Å². The normalized spacial score (nSPS) is 29.1. The molecule has 0 aromatic rings. The third-order valence-electron chi connectivity index (χ3n) is 3.46. The Kier molecular flexibility index (Phi) is 3.99. The molecule has 5 nitrogen and oxygen atoms in total. The molecule has 96 valence electrons. The summed E-state index contributed by atoms with van der Waals surface area (Å²) in [4.78, 5) is 25.5. The molecular weight excluding hydrogens is 222 g/mol. The van der Waals surface area contributed by atoms with Crippen LogP contribution in [-0.2, 0) is 19.1 Å². The number of piperidine rings is 1. The minimum Gasteiger partial charge on any atom is -0.467 e. The van der Waals surface area contributed by atoms with E-state index in [1.165, 1.54) is 7.11 Å². The van der Waals surface area contributed by atoms with Gasteiger partial charge in [-0.1, -0.05) is 0 Å². The van der Waals surface area contributed by atoms with Crippen LogP contribution in [0.3, 0.4) is 0 Å². The third-order valence-corrected chi connectivity index (χ3v) is 3.46. The average molecular weight is 241 g/mol. The van der Waals surface area contributed by atoms with Crippen LogP contribution in [0.15, 0.2) is 0 Å². The average Bonchev–Trinajstić information content (AvgIpc) is 2.91. The van der Waals surface area contributed by atoms with Crippen LogP contribution in [0.2, 0.25) is 0 Å². The molecule has 0 aromatic carbocycles. The third kappa shape index (κ3) is 2.60. The lowest BCUT2D eigenvalue weighted by atomic mass is 10.0. The highest BCUT2D eigenvalue weighted by atomic mass is 16.5. The van der Waals surface area contributed by atoms with Crippen molar-refractivity contribution in [1.29, 1.82) is 0 Å². The highest BCUT2D eigenvalue weighted by molar-refractivity contribution is 5.87. The van der Waals surface area contributed by atoms with Gasteiger partial charge in [-0.25, -0.2) is 4.79 Å². The molecule has 2 aliphatic rings. The minimum atomic E-state index is -0.412. The molecule has 2 aliphatic heterocycles. The Bertz CT molecular complexity index is 299. The van der Waals surface area contributed by atoms with Crippen LogP contribution in [0.25, 0.3) is 0 Å². The number of esters is 1. The lowest BCUT2D eigenvalue weighted by Crippen LogP contribution is -2.51. The summed E-state index contributed by atoms with van der Waals surface area (Å²) in [5.74, 6) is -0.353. The van der Waals surface area contributed by atoms with E-state index >= 15 is 0 Å². The van der Waals surface area contributed by atoms with Gasteiger partial charge in [0.25, 0.3) is 5.91 Å². The number of carbonyl (C=O) groups is 2. The summed E-state index contributed by atoms with van der Waals surface area (Å²) in [6.07, 6.45) is 3.96. The summed E-state index contributed by atoms with van der Waals surface area (Å²) in [5.41, 5.74) is 0. The number of nitrogens with zero attached hydrogens (tertiary/aromatic N) is 1. The molecule has 0 radical (unpaired) electrons. The standard InChI is InChI=1S/C12H19NO4/c1-16-12(15)9-5-2-3-7-13(9)11(14)10-6-4-8-17-10/h9-10H,2-8H2,1H3. The molecule has 2 fully saturated rings. The molecule has 2 saturated heterocycles. The number of amides is 1. The molecule has 5 heteroatoms. The molecule has 2 heterocycles. The molecular formula is C12H19NO4. The minimum absolute atomic E-state index is 0.0439. The van der Waals surface area contributed by atoms with Crippen molar-refractivity contribution >= 4 is 11.9 Å². The molecule has 0 aliphatic carbocycles. The summed E-state index contributed by atoms with van der Waals surface area (Å²) < 4.78 is 10.1. The van der Waals surface area contributed by atoms with Crippen molar-refractivity contribution in [1.82, 2.24) is 4.90 Å². The van der Waals surface area contributed by atoms with E-state index < -0.39 is 6.04 Å². The van der Waals surface area contributed by atoms with E-state index in [0.29, 0.717) is 19.6 Å². The van der Waals surface area contributed by atoms with Gasteiger partial charge in [-0.2, -0.15) is 0 Å². The van der Waals surface area contributed by atoms with Crippen LogP contribution in [-0.4, -0.2) is 49.2 Å². The molecule has 2 rings (SSSR count). The van der Waals surface area contributed by atoms with Gasteiger partial charge in [-0.3, -0.25) is 4.79 Å². The van der Waals surface area contributed by atoms with E-state index in [-0.39, 0.29) is 18.0 Å². The van der Waals surface area contributed by atoms with Gasteiger partial charge in [0.15, 0.2) is 0 Å². The molecule has 0 aromatic heterocycles. The number of carbonyl (C=O) groups excluding carboxylic acids is 2. The van der Waals surface area contributed by atoms with Crippen LogP contribution in [0, 0.1) is 0 Å². The van der Waals surface area contributed by atoms with Gasteiger partial charge in [0.05, 0.1) is 7.11 Å². The molecule has 1 amide bonds. The van der Waals surface area contributed by atoms with Crippen LogP contribution in [0.5, 0.6) is 0 Å². The van der Waals surface area contributed by atoms with Crippen molar-refractivity contribution < 1.29 is 19.1 Å². The first-order valence-corrected chi connectivity index (χ1v) is 6.24. The molecule has 0 N–H and O–H groups in total. The number of hydrogen-bond donors (Lipinski definition) is 0. The maximum atomic E-state index is 12.2. The first-order chi connectivity index (χ1) is 8.24. The summed E-state index contributed by atoms with van der Waals surface area (Å²) in [7, 11) is 1.37. The first kappa shape index (κ1) is 12.4. The maximum absolute atomic E-state index is 12.2. The lowest BCUT2D eigenvalue weighted by Gasteiger charge is -2.35. The van der Waals surface area contributed by atoms with E-state index in [0.717, 1.165) is 25.7 Å². The number of methoxy groups -OCH3 is 1. The van der Waals surface area contributed by atoms with Crippen LogP contribution >= 0.6 is 0 Å². The number of ether oxygens (including phenoxy) is 2. The van der Waals surface area contributed by atoms with Crippen molar-refractivity contribution in [2.75, 3.05) is 20.3 Å². The summed E-state index contributed by atoms with van der Waals surface area (Å²) >= 11 is 0. The summed E-state index contributed by atoms with van der Waals surface area (Å²) in [6.45, 7) is 1.28. The second-order valence-corrected chi connectivity index (χ2v) is 4.57. The van der Waals surface area contributed by atoms with Gasteiger partial charge in [-0.15, -0.1) is 0 Å². The molecule has 0 spiro atoms. The first-order valence-electron chi connectivity index (χ1n) is 6.24. The quantitative estimate of drug-likeness (QED) is 0.668. The van der Waals surface area contributed by atoms with E-state index in [4.69, 9.17) is 9.47 Å².